The van der Waals surface area contributed by atoms with Crippen LogP contribution in [0.5, 0.6) is 0 Å². The van der Waals surface area contributed by atoms with E-state index in [4.69, 9.17) is 9.84 Å². The van der Waals surface area contributed by atoms with E-state index in [0.717, 1.165) is 25.7 Å². The largest absolute Gasteiger partial charge is 0.481 e. The Labute approximate surface area is 113 Å². The lowest BCUT2D eigenvalue weighted by Gasteiger charge is -2.20. The maximum atomic E-state index is 12.0. The third kappa shape index (κ3) is 3.37. The molecule has 1 saturated heterocycles. The van der Waals surface area contributed by atoms with Gasteiger partial charge in [0.25, 0.3) is 0 Å². The zero-order valence-electron chi connectivity index (χ0n) is 11.3. The molecule has 108 valence electrons. The Hall–Kier alpha value is -1.30. The summed E-state index contributed by atoms with van der Waals surface area (Å²) in [6.45, 7) is 1.79. The Morgan fingerprint density at radius 1 is 1.37 bits per heavy atom. The highest BCUT2D eigenvalue weighted by atomic mass is 16.5. The van der Waals surface area contributed by atoms with E-state index in [1.54, 1.807) is 12.0 Å². The number of urea groups is 1. The molecule has 1 aliphatic heterocycles. The number of nitrogens with one attached hydrogen (secondary N) is 1. The van der Waals surface area contributed by atoms with E-state index in [9.17, 15) is 9.59 Å². The fourth-order valence-electron chi connectivity index (χ4n) is 3.04. The Morgan fingerprint density at radius 2 is 2.16 bits per heavy atom. The molecule has 0 bridgehead atoms. The highest BCUT2D eigenvalue weighted by molar-refractivity contribution is 5.75. The zero-order valence-corrected chi connectivity index (χ0v) is 11.3. The first kappa shape index (κ1) is 14.1. The number of hydrogen-bond donors (Lipinski definition) is 2. The maximum Gasteiger partial charge on any atom is 0.317 e. The van der Waals surface area contributed by atoms with Gasteiger partial charge in [0.1, 0.15) is 0 Å². The van der Waals surface area contributed by atoms with Gasteiger partial charge in [-0.1, -0.05) is 6.42 Å². The minimum absolute atomic E-state index is 0.0716. The standard InChI is InChI=1S/C13H22N2O4/c1-19-10-5-6-15(8-10)13(18)14-7-9-3-2-4-11(9)12(16)17/h9-11H,2-8H2,1H3,(H,14,18)(H,16,17). The van der Waals surface area contributed by atoms with Gasteiger partial charge in [0, 0.05) is 26.7 Å². The lowest BCUT2D eigenvalue weighted by molar-refractivity contribution is -0.142. The van der Waals surface area contributed by atoms with E-state index < -0.39 is 5.97 Å². The minimum atomic E-state index is -0.739. The van der Waals surface area contributed by atoms with E-state index >= 15 is 0 Å². The molecule has 2 aliphatic rings. The van der Waals surface area contributed by atoms with Crippen molar-refractivity contribution in [2.45, 2.75) is 31.8 Å². The van der Waals surface area contributed by atoms with Crippen molar-refractivity contribution in [1.82, 2.24) is 10.2 Å². The van der Waals surface area contributed by atoms with Gasteiger partial charge in [-0.3, -0.25) is 4.79 Å². The van der Waals surface area contributed by atoms with Crippen molar-refractivity contribution in [3.8, 4) is 0 Å². The first-order valence-corrected chi connectivity index (χ1v) is 6.90. The summed E-state index contributed by atoms with van der Waals surface area (Å²) >= 11 is 0. The Morgan fingerprint density at radius 3 is 2.79 bits per heavy atom. The Bertz CT molecular complexity index is 348. The van der Waals surface area contributed by atoms with Crippen LogP contribution in [-0.2, 0) is 9.53 Å². The smallest absolute Gasteiger partial charge is 0.317 e. The van der Waals surface area contributed by atoms with Crippen molar-refractivity contribution >= 4 is 12.0 Å². The second kappa shape index (κ2) is 6.23. The molecule has 0 radical (unpaired) electrons. The van der Waals surface area contributed by atoms with Crippen LogP contribution in [-0.4, -0.2) is 54.9 Å². The van der Waals surface area contributed by atoms with Crippen LogP contribution in [0.3, 0.4) is 0 Å². The summed E-state index contributed by atoms with van der Waals surface area (Å²) in [6.07, 6.45) is 3.55. The fraction of sp³-hybridized carbons (Fsp3) is 0.846. The van der Waals surface area contributed by atoms with Crippen LogP contribution >= 0.6 is 0 Å². The molecule has 2 amide bonds. The summed E-state index contributed by atoms with van der Waals surface area (Å²) in [7, 11) is 1.65. The average molecular weight is 270 g/mol. The van der Waals surface area contributed by atoms with Gasteiger partial charge in [0.15, 0.2) is 0 Å². The van der Waals surface area contributed by atoms with Crippen molar-refractivity contribution in [2.75, 3.05) is 26.7 Å². The van der Waals surface area contributed by atoms with E-state index in [0.29, 0.717) is 19.6 Å². The molecule has 3 atom stereocenters. The molecule has 1 heterocycles. The van der Waals surface area contributed by atoms with Crippen LogP contribution in [0, 0.1) is 11.8 Å². The lowest BCUT2D eigenvalue weighted by Crippen LogP contribution is -2.42. The normalized spacial score (nSPS) is 30.6. The van der Waals surface area contributed by atoms with Crippen molar-refractivity contribution in [1.29, 1.82) is 0 Å². The summed E-state index contributed by atoms with van der Waals surface area (Å²) in [5, 5.41) is 12.0. The number of likely N-dealkylation sites (tertiary alicyclic amines) is 1. The van der Waals surface area contributed by atoms with Crippen LogP contribution in [0.25, 0.3) is 0 Å². The molecule has 0 aromatic heterocycles. The number of aliphatic carboxylic acids is 1. The molecule has 19 heavy (non-hydrogen) atoms. The molecule has 1 aliphatic carbocycles. The number of carbonyl (C=O) groups excluding carboxylic acids is 1. The molecule has 0 aromatic rings. The predicted octanol–water partition coefficient (Wildman–Crippen LogP) is 0.918. The van der Waals surface area contributed by atoms with E-state index in [1.165, 1.54) is 0 Å². The fourth-order valence-corrected chi connectivity index (χ4v) is 3.04. The third-order valence-corrected chi connectivity index (χ3v) is 4.26. The highest BCUT2D eigenvalue weighted by Crippen LogP contribution is 2.31. The SMILES string of the molecule is COC1CCN(C(=O)NCC2CCCC2C(=O)O)C1. The van der Waals surface area contributed by atoms with Crippen LogP contribution in [0.4, 0.5) is 4.79 Å². The molecule has 0 spiro atoms. The molecule has 2 N–H and O–H groups in total. The quantitative estimate of drug-likeness (QED) is 0.796. The molecular formula is C13H22N2O4. The second-order valence-corrected chi connectivity index (χ2v) is 5.41. The summed E-state index contributed by atoms with van der Waals surface area (Å²) < 4.78 is 5.22. The molecule has 6 heteroatoms. The Balaban J connectivity index is 1.76. The van der Waals surface area contributed by atoms with Gasteiger partial charge in [-0.2, -0.15) is 0 Å². The molecule has 1 saturated carbocycles. The summed E-state index contributed by atoms with van der Waals surface area (Å²) in [5.41, 5.74) is 0. The van der Waals surface area contributed by atoms with Crippen LogP contribution in [0.15, 0.2) is 0 Å². The molecular weight excluding hydrogens is 248 g/mol. The lowest BCUT2D eigenvalue weighted by atomic mass is 9.96. The summed E-state index contributed by atoms with van der Waals surface area (Å²) in [4.78, 5) is 24.7. The van der Waals surface area contributed by atoms with Gasteiger partial charge < -0.3 is 20.1 Å². The number of carboxylic acid groups (broad SMARTS) is 1. The predicted molar refractivity (Wildman–Crippen MR) is 68.9 cm³/mol. The summed E-state index contributed by atoms with van der Waals surface area (Å²) in [6, 6.07) is -0.101. The number of nitrogens with zero attached hydrogens (tertiary/aromatic N) is 1. The number of carboxylic acids is 1. The van der Waals surface area contributed by atoms with Gasteiger partial charge in [-0.25, -0.2) is 4.79 Å². The zero-order chi connectivity index (χ0) is 13.8. The minimum Gasteiger partial charge on any atom is -0.481 e. The van der Waals surface area contributed by atoms with Crippen molar-refractivity contribution in [3.05, 3.63) is 0 Å². The number of hydrogen-bond acceptors (Lipinski definition) is 3. The third-order valence-electron chi connectivity index (χ3n) is 4.26. The number of ether oxygens (including phenoxy) is 1. The second-order valence-electron chi connectivity index (χ2n) is 5.41. The van der Waals surface area contributed by atoms with Crippen LogP contribution < -0.4 is 5.32 Å². The molecule has 2 rings (SSSR count). The van der Waals surface area contributed by atoms with Crippen molar-refractivity contribution in [2.24, 2.45) is 11.8 Å². The Kier molecular flexibility index (Phi) is 4.63. The maximum absolute atomic E-state index is 12.0. The van der Waals surface area contributed by atoms with E-state index in [2.05, 4.69) is 5.32 Å². The number of amides is 2. The van der Waals surface area contributed by atoms with Crippen molar-refractivity contribution < 1.29 is 19.4 Å². The monoisotopic (exact) mass is 270 g/mol. The first-order valence-electron chi connectivity index (χ1n) is 6.90. The van der Waals surface area contributed by atoms with Crippen molar-refractivity contribution in [3.63, 3.8) is 0 Å². The molecule has 6 nitrogen and oxygen atoms in total. The van der Waals surface area contributed by atoms with Gasteiger partial charge in [0.05, 0.1) is 12.0 Å². The van der Waals surface area contributed by atoms with E-state index in [1.807, 2.05) is 0 Å². The van der Waals surface area contributed by atoms with Gasteiger partial charge in [-0.15, -0.1) is 0 Å². The number of carbonyl (C=O) groups is 2. The van der Waals surface area contributed by atoms with Gasteiger partial charge >= 0.3 is 12.0 Å². The number of rotatable bonds is 4. The average Bonchev–Trinajstić information content (AvgIpc) is 3.04. The first-order chi connectivity index (χ1) is 9.11. The summed E-state index contributed by atoms with van der Waals surface area (Å²) in [5.74, 6) is -0.967. The molecule has 2 fully saturated rings. The highest BCUT2D eigenvalue weighted by Gasteiger charge is 2.33. The van der Waals surface area contributed by atoms with E-state index in [-0.39, 0.29) is 24.0 Å². The van der Waals surface area contributed by atoms with Crippen LogP contribution in [0.2, 0.25) is 0 Å². The van der Waals surface area contributed by atoms with Gasteiger partial charge in [-0.05, 0) is 25.2 Å². The van der Waals surface area contributed by atoms with Gasteiger partial charge in [0.2, 0.25) is 0 Å². The number of methoxy groups -OCH3 is 1. The molecule has 3 unspecified atom stereocenters. The molecule has 0 aromatic carbocycles. The van der Waals surface area contributed by atoms with Crippen LogP contribution in [0.1, 0.15) is 25.7 Å². The topological polar surface area (TPSA) is 78.9 Å².